The summed E-state index contributed by atoms with van der Waals surface area (Å²) in [5, 5.41) is 9.87. The molecule has 0 spiro atoms. The number of thioether (sulfide) groups is 1. The summed E-state index contributed by atoms with van der Waals surface area (Å²) in [4.78, 5) is 13.9. The third kappa shape index (κ3) is 6.38. The van der Waals surface area contributed by atoms with E-state index in [4.69, 9.17) is 9.88 Å². The fraction of sp³-hybridized carbons (Fsp3) is 0.467. The Bertz CT molecular complexity index is 992. The quantitative estimate of drug-likeness (QED) is 0.512. The number of carbonyl (C=O) groups excluding carboxylic acids is 1. The second kappa shape index (κ2) is 8.97. The molecule has 0 amide bonds. The molecule has 0 saturated heterocycles. The van der Waals surface area contributed by atoms with Crippen LogP contribution in [0.3, 0.4) is 0 Å². The maximum Gasteiger partial charge on any atom is 0.338 e. The molecule has 0 fully saturated rings. The van der Waals surface area contributed by atoms with Crippen LogP contribution in [0.25, 0.3) is 0 Å². The molecule has 14 heteroatoms. The van der Waals surface area contributed by atoms with Gasteiger partial charge >= 0.3 is 5.97 Å². The van der Waals surface area contributed by atoms with E-state index >= 15 is 0 Å². The van der Waals surface area contributed by atoms with Gasteiger partial charge < -0.3 is 9.64 Å². The number of ether oxygens (including phenoxy) is 1. The number of nitrogens with one attached hydrogen (secondary N) is 1. The monoisotopic (exact) mass is 465 g/mol. The van der Waals surface area contributed by atoms with E-state index in [1.807, 2.05) is 19.0 Å². The van der Waals surface area contributed by atoms with Crippen LogP contribution in [0.2, 0.25) is 0 Å². The van der Waals surface area contributed by atoms with Gasteiger partial charge in [0.05, 0.1) is 10.5 Å². The molecule has 1 aromatic rings. The molecule has 2 rings (SSSR count). The van der Waals surface area contributed by atoms with Crippen LogP contribution in [0.15, 0.2) is 34.3 Å². The SMILES string of the molecule is CC(CN(C)C)OC(=O)c1ccc(S(=O)(=O)NC2SC(S(N)(=O)=O)=NN2C)cc1. The van der Waals surface area contributed by atoms with Crippen molar-refractivity contribution in [3.63, 3.8) is 0 Å². The average Bonchev–Trinajstić information content (AvgIpc) is 2.94. The molecule has 1 aliphatic rings. The van der Waals surface area contributed by atoms with Gasteiger partial charge in [0.2, 0.25) is 14.4 Å². The Kier molecular flexibility index (Phi) is 7.29. The molecule has 0 bridgehead atoms. The van der Waals surface area contributed by atoms with E-state index < -0.39 is 35.9 Å². The van der Waals surface area contributed by atoms with Crippen LogP contribution in [0.1, 0.15) is 17.3 Å². The molecule has 1 aromatic carbocycles. The number of primary sulfonamides is 1. The smallest absolute Gasteiger partial charge is 0.338 e. The second-order valence-electron chi connectivity index (χ2n) is 6.58. The first-order chi connectivity index (χ1) is 13.3. The predicted molar refractivity (Wildman–Crippen MR) is 110 cm³/mol. The fourth-order valence-electron chi connectivity index (χ4n) is 2.37. The van der Waals surface area contributed by atoms with E-state index in [2.05, 4.69) is 9.82 Å². The van der Waals surface area contributed by atoms with Gasteiger partial charge in [0.25, 0.3) is 10.0 Å². The third-order valence-electron chi connectivity index (χ3n) is 3.62. The van der Waals surface area contributed by atoms with E-state index in [-0.39, 0.29) is 16.6 Å². The number of carbonyl (C=O) groups is 1. The number of nitrogens with two attached hydrogens (primary N) is 1. The first kappa shape index (κ1) is 23.6. The maximum absolute atomic E-state index is 12.6. The standard InChI is InChI=1S/C15H23N5O6S3/c1-10(9-19(2)3)26-13(21)11-5-7-12(8-6-11)29(24,25)18-14-20(4)17-15(27-14)28(16,22)23/h5-8,10,14,18H,9H2,1-4H3,(H2,16,22,23). The van der Waals surface area contributed by atoms with E-state index in [1.54, 1.807) is 6.92 Å². The Morgan fingerprint density at radius 1 is 1.31 bits per heavy atom. The van der Waals surface area contributed by atoms with Gasteiger partial charge in [-0.25, -0.2) is 26.8 Å². The summed E-state index contributed by atoms with van der Waals surface area (Å²) in [6, 6.07) is 5.21. The fourth-order valence-corrected chi connectivity index (χ4v) is 5.61. The maximum atomic E-state index is 12.6. The molecule has 0 radical (unpaired) electrons. The second-order valence-corrected chi connectivity index (χ2v) is 11.1. The third-order valence-corrected chi connectivity index (χ3v) is 7.68. The highest BCUT2D eigenvalue weighted by Crippen LogP contribution is 2.26. The molecule has 0 saturated carbocycles. The Hall–Kier alpha value is -1.71. The number of hydrazone groups is 1. The van der Waals surface area contributed by atoms with Crippen molar-refractivity contribution in [1.82, 2.24) is 14.6 Å². The van der Waals surface area contributed by atoms with Crippen molar-refractivity contribution in [2.75, 3.05) is 27.7 Å². The Labute approximate surface area is 174 Å². The number of esters is 1. The molecule has 0 aliphatic carbocycles. The molecule has 2 unspecified atom stereocenters. The summed E-state index contributed by atoms with van der Waals surface area (Å²) < 4.78 is 55.1. The number of likely N-dealkylation sites (N-methyl/N-ethyl adjacent to an activating group) is 1. The lowest BCUT2D eigenvalue weighted by atomic mass is 10.2. The molecule has 29 heavy (non-hydrogen) atoms. The highest BCUT2D eigenvalue weighted by molar-refractivity contribution is 8.35. The minimum atomic E-state index is -4.04. The van der Waals surface area contributed by atoms with Gasteiger partial charge in [-0.3, -0.25) is 5.01 Å². The first-order valence-electron chi connectivity index (χ1n) is 8.28. The van der Waals surface area contributed by atoms with Crippen LogP contribution >= 0.6 is 11.8 Å². The number of nitrogens with zero attached hydrogens (tertiary/aromatic N) is 3. The van der Waals surface area contributed by atoms with Crippen LogP contribution in [0.4, 0.5) is 0 Å². The Balaban J connectivity index is 2.06. The minimum Gasteiger partial charge on any atom is -0.458 e. The average molecular weight is 466 g/mol. The summed E-state index contributed by atoms with van der Waals surface area (Å²) in [5.41, 5.74) is -0.772. The summed E-state index contributed by atoms with van der Waals surface area (Å²) in [6.07, 6.45) is -0.328. The van der Waals surface area contributed by atoms with E-state index in [0.717, 1.165) is 5.01 Å². The largest absolute Gasteiger partial charge is 0.458 e. The summed E-state index contributed by atoms with van der Waals surface area (Å²) >= 11 is 0.661. The molecule has 3 N–H and O–H groups in total. The lowest BCUT2D eigenvalue weighted by Crippen LogP contribution is -2.39. The molecule has 162 valence electrons. The number of benzene rings is 1. The van der Waals surface area contributed by atoms with Crippen LogP contribution in [0, 0.1) is 0 Å². The number of rotatable bonds is 7. The molecule has 1 heterocycles. The molecule has 0 aromatic heterocycles. The van der Waals surface area contributed by atoms with Crippen LogP contribution in [0.5, 0.6) is 0 Å². The van der Waals surface area contributed by atoms with E-state index in [1.165, 1.54) is 31.3 Å². The van der Waals surface area contributed by atoms with Gasteiger partial charge in [0.1, 0.15) is 6.10 Å². The van der Waals surface area contributed by atoms with Gasteiger partial charge in [0, 0.05) is 13.6 Å². The summed E-state index contributed by atoms with van der Waals surface area (Å²) in [6.45, 7) is 2.31. The first-order valence-corrected chi connectivity index (χ1v) is 12.2. The summed E-state index contributed by atoms with van der Waals surface area (Å²) in [7, 11) is -2.93. The number of hydrogen-bond donors (Lipinski definition) is 2. The van der Waals surface area contributed by atoms with Gasteiger partial charge in [-0.2, -0.15) is 9.82 Å². The summed E-state index contributed by atoms with van der Waals surface area (Å²) in [5.74, 6) is -0.562. The topological polar surface area (TPSA) is 151 Å². The zero-order valence-electron chi connectivity index (χ0n) is 16.3. The van der Waals surface area contributed by atoms with Crippen molar-refractivity contribution in [1.29, 1.82) is 0 Å². The molecule has 1 aliphatic heterocycles. The van der Waals surface area contributed by atoms with Crippen LogP contribution < -0.4 is 9.86 Å². The van der Waals surface area contributed by atoms with Crippen molar-refractivity contribution in [3.8, 4) is 0 Å². The Morgan fingerprint density at radius 2 is 1.90 bits per heavy atom. The van der Waals surface area contributed by atoms with E-state index in [0.29, 0.717) is 18.3 Å². The van der Waals surface area contributed by atoms with E-state index in [9.17, 15) is 21.6 Å². The highest BCUT2D eigenvalue weighted by atomic mass is 32.3. The van der Waals surface area contributed by atoms with Crippen LogP contribution in [-0.4, -0.2) is 76.4 Å². The number of hydrogen-bond acceptors (Lipinski definition) is 10. The van der Waals surface area contributed by atoms with Crippen molar-refractivity contribution in [2.45, 2.75) is 23.4 Å². The van der Waals surface area contributed by atoms with Gasteiger partial charge in [-0.05, 0) is 57.0 Å². The zero-order valence-corrected chi connectivity index (χ0v) is 18.7. The van der Waals surface area contributed by atoms with Gasteiger partial charge in [-0.1, -0.05) is 0 Å². The molecule has 11 nitrogen and oxygen atoms in total. The molecular formula is C15H23N5O6S3. The highest BCUT2D eigenvalue weighted by Gasteiger charge is 2.34. The normalized spacial score (nSPS) is 18.6. The Morgan fingerprint density at radius 3 is 2.38 bits per heavy atom. The van der Waals surface area contributed by atoms with Gasteiger partial charge in [-0.15, -0.1) is 0 Å². The molecule has 2 atom stereocenters. The van der Waals surface area contributed by atoms with Crippen molar-refractivity contribution < 1.29 is 26.4 Å². The van der Waals surface area contributed by atoms with Crippen molar-refractivity contribution in [3.05, 3.63) is 29.8 Å². The van der Waals surface area contributed by atoms with Gasteiger partial charge in [0.15, 0.2) is 5.50 Å². The van der Waals surface area contributed by atoms with Crippen molar-refractivity contribution >= 4 is 42.2 Å². The molecular weight excluding hydrogens is 442 g/mol. The lowest BCUT2D eigenvalue weighted by molar-refractivity contribution is 0.0289. The zero-order chi connectivity index (χ0) is 22.0. The number of sulfonamides is 2. The van der Waals surface area contributed by atoms with Crippen molar-refractivity contribution in [2.24, 2.45) is 10.2 Å². The predicted octanol–water partition coefficient (Wildman–Crippen LogP) is -0.406. The minimum absolute atomic E-state index is 0.103. The van der Waals surface area contributed by atoms with Crippen LogP contribution in [-0.2, 0) is 24.8 Å². The lowest BCUT2D eigenvalue weighted by Gasteiger charge is -2.19.